The molecule has 1 aliphatic rings. The molecule has 0 atom stereocenters. The summed E-state index contributed by atoms with van der Waals surface area (Å²) in [7, 11) is 4.74. The van der Waals surface area contributed by atoms with Gasteiger partial charge in [-0.05, 0) is 90.0 Å². The summed E-state index contributed by atoms with van der Waals surface area (Å²) in [6.45, 7) is 11.1. The van der Waals surface area contributed by atoms with E-state index in [1.807, 2.05) is 11.3 Å². The molecule has 5 heteroatoms. The number of nitrogens with zero attached hydrogens (tertiary/aromatic N) is 1. The van der Waals surface area contributed by atoms with Crippen LogP contribution in [-0.2, 0) is 0 Å². The fourth-order valence-electron chi connectivity index (χ4n) is 4.91. The highest BCUT2D eigenvalue weighted by atomic mass is 32.2. The molecule has 0 amide bonds. The lowest BCUT2D eigenvalue weighted by atomic mass is 9.62. The first-order valence-electron chi connectivity index (χ1n) is 11.3. The maximum absolute atomic E-state index is 2.44. The maximum Gasteiger partial charge on any atom is 0.211 e. The van der Waals surface area contributed by atoms with Crippen molar-refractivity contribution in [3.05, 3.63) is 82.4 Å². The highest BCUT2D eigenvalue weighted by molar-refractivity contribution is 8.00. The van der Waals surface area contributed by atoms with Crippen LogP contribution in [-0.4, -0.2) is 20.8 Å². The van der Waals surface area contributed by atoms with Crippen molar-refractivity contribution in [2.45, 2.75) is 34.6 Å². The van der Waals surface area contributed by atoms with Crippen LogP contribution in [0.5, 0.6) is 0 Å². The number of hydrogen-bond acceptors (Lipinski definition) is 3. The lowest BCUT2D eigenvalue weighted by Gasteiger charge is -2.32. The summed E-state index contributed by atoms with van der Waals surface area (Å²) in [5, 5.41) is 0. The van der Waals surface area contributed by atoms with Gasteiger partial charge in [-0.1, -0.05) is 70.6 Å². The van der Waals surface area contributed by atoms with E-state index in [0.29, 0.717) is 0 Å². The summed E-state index contributed by atoms with van der Waals surface area (Å²) in [6, 6.07) is 19.9. The molecule has 0 fully saturated rings. The predicted molar refractivity (Wildman–Crippen MR) is 152 cm³/mol. The van der Waals surface area contributed by atoms with Crippen LogP contribution in [0.4, 0.5) is 11.4 Å². The standard InChI is InChI=1S/C28H27B2NS2/c1-16-10-7-8-13-22(16)29-27-20(5)26-28(33-27)30-25-19(4)14-21(15-23(25)31(26)32-6)24-17(2)11-9-12-18(24)3/h7-15H,1-6H3. The third kappa shape index (κ3) is 3.86. The van der Waals surface area contributed by atoms with Gasteiger partial charge in [-0.2, -0.15) is 11.3 Å². The highest BCUT2D eigenvalue weighted by Gasteiger charge is 2.30. The highest BCUT2D eigenvalue weighted by Crippen LogP contribution is 2.39. The molecule has 5 rings (SSSR count). The van der Waals surface area contributed by atoms with Crippen molar-refractivity contribution in [2.24, 2.45) is 0 Å². The first-order chi connectivity index (χ1) is 15.9. The molecule has 0 unspecified atom stereocenters. The molecule has 0 spiro atoms. The average Bonchev–Trinajstić information content (AvgIpc) is 3.09. The SMILES string of the molecule is CSN1c2cc(-c3c(C)cccc3C)cc(C)c2[B]c2sc([B]c3ccccc3C)c(C)c21. The van der Waals surface area contributed by atoms with Gasteiger partial charge in [-0.3, -0.25) is 4.31 Å². The molecule has 0 N–H and O–H groups in total. The van der Waals surface area contributed by atoms with Crippen LogP contribution in [0.25, 0.3) is 11.1 Å². The lowest BCUT2D eigenvalue weighted by molar-refractivity contribution is 1.35. The van der Waals surface area contributed by atoms with E-state index in [1.54, 1.807) is 11.9 Å². The molecular weight excluding hydrogens is 436 g/mol. The zero-order valence-electron chi connectivity index (χ0n) is 20.1. The van der Waals surface area contributed by atoms with E-state index in [2.05, 4.69) is 114 Å². The Morgan fingerprint density at radius 2 is 1.55 bits per heavy atom. The van der Waals surface area contributed by atoms with E-state index in [0.717, 1.165) is 0 Å². The molecule has 2 radical (unpaired) electrons. The number of rotatable bonds is 4. The summed E-state index contributed by atoms with van der Waals surface area (Å²) in [5.41, 5.74) is 14.5. The third-order valence-electron chi connectivity index (χ3n) is 6.67. The van der Waals surface area contributed by atoms with E-state index in [1.165, 1.54) is 70.8 Å². The Morgan fingerprint density at radius 3 is 2.24 bits per heavy atom. The average molecular weight is 463 g/mol. The largest absolute Gasteiger partial charge is 0.285 e. The lowest BCUT2D eigenvalue weighted by Crippen LogP contribution is -2.39. The fraction of sp³-hybridized carbons (Fsp3) is 0.214. The first kappa shape index (κ1) is 22.4. The van der Waals surface area contributed by atoms with Crippen molar-refractivity contribution < 1.29 is 0 Å². The third-order valence-corrected chi connectivity index (χ3v) is 8.59. The van der Waals surface area contributed by atoms with E-state index in [4.69, 9.17) is 0 Å². The Hall–Kier alpha value is -2.36. The molecule has 2 heterocycles. The Kier molecular flexibility index (Phi) is 5.96. The van der Waals surface area contributed by atoms with Crippen molar-refractivity contribution in [1.82, 2.24) is 0 Å². The van der Waals surface area contributed by atoms with Crippen molar-refractivity contribution in [3.63, 3.8) is 0 Å². The summed E-state index contributed by atoms with van der Waals surface area (Å²) in [4.78, 5) is 0. The normalized spacial score (nSPS) is 12.2. The Morgan fingerprint density at radius 1 is 0.848 bits per heavy atom. The van der Waals surface area contributed by atoms with E-state index in [9.17, 15) is 0 Å². The van der Waals surface area contributed by atoms with Crippen molar-refractivity contribution >= 4 is 69.7 Å². The van der Waals surface area contributed by atoms with Crippen LogP contribution in [0.15, 0.2) is 54.6 Å². The van der Waals surface area contributed by atoms with E-state index < -0.39 is 0 Å². The maximum atomic E-state index is 2.44. The van der Waals surface area contributed by atoms with Gasteiger partial charge in [-0.25, -0.2) is 0 Å². The number of thiophene rings is 1. The van der Waals surface area contributed by atoms with Gasteiger partial charge in [0, 0.05) is 11.9 Å². The minimum atomic E-state index is 1.29. The zero-order chi connectivity index (χ0) is 23.3. The topological polar surface area (TPSA) is 3.24 Å². The Balaban J connectivity index is 1.62. The molecule has 162 valence electrons. The van der Waals surface area contributed by atoms with Crippen molar-refractivity contribution in [3.8, 4) is 11.1 Å². The quantitative estimate of drug-likeness (QED) is 0.310. The number of benzene rings is 3. The minimum absolute atomic E-state index is 1.29. The molecule has 1 aromatic heterocycles. The number of aryl methyl sites for hydroxylation is 4. The van der Waals surface area contributed by atoms with Gasteiger partial charge in [0.15, 0.2) is 0 Å². The smallest absolute Gasteiger partial charge is 0.211 e. The summed E-state index contributed by atoms with van der Waals surface area (Å²) in [6.07, 6.45) is 2.18. The second kappa shape index (κ2) is 8.77. The van der Waals surface area contributed by atoms with E-state index >= 15 is 0 Å². The van der Waals surface area contributed by atoms with Crippen LogP contribution in [0.1, 0.15) is 27.8 Å². The number of fused-ring (bicyclic) bond motifs is 2. The molecule has 0 saturated heterocycles. The van der Waals surface area contributed by atoms with Gasteiger partial charge in [-0.15, -0.1) is 0 Å². The monoisotopic (exact) mass is 463 g/mol. The number of hydrogen-bond donors (Lipinski definition) is 0. The van der Waals surface area contributed by atoms with Gasteiger partial charge in [0.25, 0.3) is 0 Å². The molecule has 1 aliphatic heterocycles. The van der Waals surface area contributed by atoms with Crippen molar-refractivity contribution in [1.29, 1.82) is 0 Å². The van der Waals surface area contributed by atoms with Gasteiger partial charge in [0.2, 0.25) is 14.6 Å². The zero-order valence-corrected chi connectivity index (χ0v) is 21.7. The summed E-state index contributed by atoms with van der Waals surface area (Å²) in [5.74, 6) is 0. The van der Waals surface area contributed by atoms with Crippen LogP contribution in [0.3, 0.4) is 0 Å². The molecular formula is C28H27B2NS2. The minimum Gasteiger partial charge on any atom is -0.285 e. The molecule has 1 nitrogen and oxygen atoms in total. The number of anilines is 2. The van der Waals surface area contributed by atoms with E-state index in [-0.39, 0.29) is 0 Å². The molecule has 3 aromatic carbocycles. The molecule has 0 aliphatic carbocycles. The predicted octanol–water partition coefficient (Wildman–Crippen LogP) is 5.00. The Labute approximate surface area is 207 Å². The van der Waals surface area contributed by atoms with Crippen LogP contribution in [0, 0.1) is 34.6 Å². The molecule has 0 saturated carbocycles. The van der Waals surface area contributed by atoms with Crippen LogP contribution >= 0.6 is 23.3 Å². The second-order valence-corrected chi connectivity index (χ2v) is 10.7. The summed E-state index contributed by atoms with van der Waals surface area (Å²) < 4.78 is 5.12. The van der Waals surface area contributed by atoms with Gasteiger partial charge < -0.3 is 0 Å². The van der Waals surface area contributed by atoms with Gasteiger partial charge >= 0.3 is 0 Å². The molecule has 33 heavy (non-hydrogen) atoms. The first-order valence-corrected chi connectivity index (χ1v) is 13.3. The molecule has 4 aromatic rings. The van der Waals surface area contributed by atoms with Gasteiger partial charge in [0.1, 0.15) is 0 Å². The second-order valence-electron chi connectivity index (χ2n) is 8.92. The van der Waals surface area contributed by atoms with Crippen molar-refractivity contribution in [2.75, 3.05) is 10.6 Å². The molecule has 0 bridgehead atoms. The van der Waals surface area contributed by atoms with Gasteiger partial charge in [0.05, 0.1) is 5.69 Å². The Bertz CT molecular complexity index is 1350. The van der Waals surface area contributed by atoms with Crippen LogP contribution in [0.2, 0.25) is 0 Å². The van der Waals surface area contributed by atoms with Crippen LogP contribution < -0.4 is 24.8 Å². The summed E-state index contributed by atoms with van der Waals surface area (Å²) >= 11 is 3.69. The fourth-order valence-corrected chi connectivity index (χ4v) is 6.93.